The number of aliphatic carboxylic acids is 1. The summed E-state index contributed by atoms with van der Waals surface area (Å²) in [5, 5.41) is 19.0. The summed E-state index contributed by atoms with van der Waals surface area (Å²) in [7, 11) is 0. The Bertz CT molecular complexity index is 421. The Labute approximate surface area is 128 Å². The molecule has 8 nitrogen and oxygen atoms in total. The van der Waals surface area contributed by atoms with Crippen molar-refractivity contribution in [2.45, 2.75) is 52.1 Å². The fraction of sp³-hybridized carbons (Fsp3) is 0.786. The van der Waals surface area contributed by atoms with Gasteiger partial charge in [0.25, 0.3) is 0 Å². The highest BCUT2D eigenvalue weighted by atomic mass is 16.7. The van der Waals surface area contributed by atoms with Gasteiger partial charge in [-0.05, 0) is 0 Å². The van der Waals surface area contributed by atoms with E-state index >= 15 is 0 Å². The van der Waals surface area contributed by atoms with Crippen LogP contribution in [0, 0.1) is 11.8 Å². The van der Waals surface area contributed by atoms with Crippen molar-refractivity contribution in [3.63, 3.8) is 0 Å². The summed E-state index contributed by atoms with van der Waals surface area (Å²) in [6.45, 7) is 4.49. The second-order valence-electron chi connectivity index (χ2n) is 5.13. The number of carbonyl (C=O) groups is 3. The predicted molar refractivity (Wildman–Crippen MR) is 72.6 cm³/mol. The summed E-state index contributed by atoms with van der Waals surface area (Å²) in [5.41, 5.74) is 0. The molecule has 1 fully saturated rings. The lowest BCUT2D eigenvalue weighted by atomic mass is 9.84. The average molecular weight is 318 g/mol. The number of esters is 2. The molecule has 0 radical (unpaired) electrons. The van der Waals surface area contributed by atoms with Crippen molar-refractivity contribution in [3.05, 3.63) is 0 Å². The Morgan fingerprint density at radius 2 is 1.64 bits per heavy atom. The maximum absolute atomic E-state index is 11.6. The molecule has 1 heterocycles. The number of carboxylic acid groups (broad SMARTS) is 1. The average Bonchev–Trinajstić information content (AvgIpc) is 2.49. The number of hydrogen-bond donors (Lipinski definition) is 2. The third-order valence-corrected chi connectivity index (χ3v) is 3.63. The maximum atomic E-state index is 11.6. The van der Waals surface area contributed by atoms with Crippen LogP contribution in [0.5, 0.6) is 0 Å². The maximum Gasteiger partial charge on any atom is 0.306 e. The van der Waals surface area contributed by atoms with Crippen molar-refractivity contribution in [1.82, 2.24) is 0 Å². The molecule has 0 aromatic heterocycles. The number of carbonyl (C=O) groups excluding carboxylic acids is 2. The second-order valence-corrected chi connectivity index (χ2v) is 5.13. The normalized spacial score (nSPS) is 29.5. The monoisotopic (exact) mass is 318 g/mol. The lowest BCUT2D eigenvalue weighted by molar-refractivity contribution is -0.259. The van der Waals surface area contributed by atoms with Crippen LogP contribution in [0.1, 0.15) is 33.6 Å². The quantitative estimate of drug-likeness (QED) is 0.672. The first-order chi connectivity index (χ1) is 10.3. The van der Waals surface area contributed by atoms with Gasteiger partial charge in [0, 0.05) is 18.8 Å². The van der Waals surface area contributed by atoms with Crippen LogP contribution < -0.4 is 0 Å². The van der Waals surface area contributed by atoms with E-state index in [9.17, 15) is 19.5 Å². The van der Waals surface area contributed by atoms with Crippen molar-refractivity contribution >= 4 is 17.9 Å². The minimum Gasteiger partial charge on any atom is -0.481 e. The van der Waals surface area contributed by atoms with E-state index in [-0.39, 0.29) is 19.4 Å². The van der Waals surface area contributed by atoms with Crippen molar-refractivity contribution in [3.8, 4) is 0 Å². The molecule has 0 aromatic rings. The summed E-state index contributed by atoms with van der Waals surface area (Å²) in [6.07, 6.45) is -3.64. The predicted octanol–water partition coefficient (Wildman–Crippen LogP) is 0.315. The summed E-state index contributed by atoms with van der Waals surface area (Å²) in [5.74, 6) is -3.90. The van der Waals surface area contributed by atoms with Gasteiger partial charge in [0.05, 0.1) is 12.5 Å². The molecule has 126 valence electrons. The Hall–Kier alpha value is -1.67. The SMILES string of the molecule is CCC(=O)O[C@H]1[C@H](O)OCC(C(C)C(=O)O)[C@@H]1OC(=O)CC. The Kier molecular flexibility index (Phi) is 6.76. The fourth-order valence-corrected chi connectivity index (χ4v) is 2.17. The molecule has 2 N–H and O–H groups in total. The summed E-state index contributed by atoms with van der Waals surface area (Å²) in [6, 6.07) is 0. The topological polar surface area (TPSA) is 119 Å². The molecule has 1 rings (SSSR count). The van der Waals surface area contributed by atoms with E-state index in [1.165, 1.54) is 6.92 Å². The van der Waals surface area contributed by atoms with Crippen LogP contribution in [0.3, 0.4) is 0 Å². The van der Waals surface area contributed by atoms with Gasteiger partial charge in [-0.1, -0.05) is 20.8 Å². The first kappa shape index (κ1) is 18.4. The van der Waals surface area contributed by atoms with Crippen LogP contribution in [0.25, 0.3) is 0 Å². The van der Waals surface area contributed by atoms with Crippen LogP contribution in [0.2, 0.25) is 0 Å². The molecule has 0 aliphatic carbocycles. The first-order valence-electron chi connectivity index (χ1n) is 7.23. The smallest absolute Gasteiger partial charge is 0.306 e. The molecule has 8 heteroatoms. The van der Waals surface area contributed by atoms with Gasteiger partial charge < -0.3 is 24.4 Å². The third-order valence-electron chi connectivity index (χ3n) is 3.63. The Balaban J connectivity index is 3.03. The van der Waals surface area contributed by atoms with Crippen LogP contribution in [0.4, 0.5) is 0 Å². The lowest BCUT2D eigenvalue weighted by Gasteiger charge is -2.40. The van der Waals surface area contributed by atoms with E-state index in [4.69, 9.17) is 19.3 Å². The van der Waals surface area contributed by atoms with E-state index in [2.05, 4.69) is 0 Å². The molecule has 1 aliphatic heterocycles. The second kappa shape index (κ2) is 8.09. The van der Waals surface area contributed by atoms with E-state index in [0.717, 1.165) is 0 Å². The van der Waals surface area contributed by atoms with Gasteiger partial charge in [0.15, 0.2) is 12.4 Å². The zero-order chi connectivity index (χ0) is 16.9. The summed E-state index contributed by atoms with van der Waals surface area (Å²) < 4.78 is 15.4. The molecule has 0 spiro atoms. The van der Waals surface area contributed by atoms with Gasteiger partial charge in [0.1, 0.15) is 6.10 Å². The van der Waals surface area contributed by atoms with Crippen LogP contribution in [-0.2, 0) is 28.6 Å². The fourth-order valence-electron chi connectivity index (χ4n) is 2.17. The molecule has 1 aliphatic rings. The third kappa shape index (κ3) is 4.41. The molecule has 0 amide bonds. The number of hydrogen-bond acceptors (Lipinski definition) is 7. The zero-order valence-electron chi connectivity index (χ0n) is 12.9. The number of aliphatic hydroxyl groups is 1. The van der Waals surface area contributed by atoms with E-state index in [1.54, 1.807) is 13.8 Å². The van der Waals surface area contributed by atoms with Gasteiger partial charge >= 0.3 is 17.9 Å². The van der Waals surface area contributed by atoms with E-state index < -0.39 is 48.2 Å². The van der Waals surface area contributed by atoms with Crippen LogP contribution in [-0.4, -0.2) is 53.2 Å². The minimum atomic E-state index is -1.47. The standard InChI is InChI=1S/C14H22O8/c1-4-9(15)21-11-8(7(3)13(17)18)6-20-14(19)12(11)22-10(16)5-2/h7-8,11-12,14,19H,4-6H2,1-3H3,(H,17,18)/t7?,8?,11-,12+,14+/m0/s1. The highest BCUT2D eigenvalue weighted by molar-refractivity contribution is 5.71. The Morgan fingerprint density at radius 3 is 2.09 bits per heavy atom. The van der Waals surface area contributed by atoms with Gasteiger partial charge in [-0.15, -0.1) is 0 Å². The summed E-state index contributed by atoms with van der Waals surface area (Å²) >= 11 is 0. The highest BCUT2D eigenvalue weighted by Gasteiger charge is 2.48. The van der Waals surface area contributed by atoms with Crippen LogP contribution in [0.15, 0.2) is 0 Å². The van der Waals surface area contributed by atoms with Gasteiger partial charge in [0.2, 0.25) is 0 Å². The molecule has 1 saturated heterocycles. The molecular formula is C14H22O8. The number of ether oxygens (including phenoxy) is 3. The van der Waals surface area contributed by atoms with E-state index in [0.29, 0.717) is 0 Å². The van der Waals surface area contributed by atoms with Gasteiger partial charge in [-0.3, -0.25) is 14.4 Å². The number of carboxylic acids is 1. The Morgan fingerprint density at radius 1 is 1.14 bits per heavy atom. The van der Waals surface area contributed by atoms with Crippen LogP contribution >= 0.6 is 0 Å². The van der Waals surface area contributed by atoms with Crippen molar-refractivity contribution in [2.75, 3.05) is 6.61 Å². The molecule has 0 bridgehead atoms. The summed E-state index contributed by atoms with van der Waals surface area (Å²) in [4.78, 5) is 34.3. The highest BCUT2D eigenvalue weighted by Crippen LogP contribution is 2.30. The van der Waals surface area contributed by atoms with Crippen molar-refractivity contribution in [1.29, 1.82) is 0 Å². The molecule has 2 unspecified atom stereocenters. The first-order valence-corrected chi connectivity index (χ1v) is 7.23. The molecule has 0 aromatic carbocycles. The van der Waals surface area contributed by atoms with Crippen molar-refractivity contribution in [2.24, 2.45) is 11.8 Å². The van der Waals surface area contributed by atoms with Crippen molar-refractivity contribution < 1.29 is 38.8 Å². The molecular weight excluding hydrogens is 296 g/mol. The number of aliphatic hydroxyl groups excluding tert-OH is 1. The molecule has 5 atom stereocenters. The largest absolute Gasteiger partial charge is 0.481 e. The van der Waals surface area contributed by atoms with Gasteiger partial charge in [-0.2, -0.15) is 0 Å². The number of rotatable bonds is 6. The van der Waals surface area contributed by atoms with E-state index in [1.807, 2.05) is 0 Å². The minimum absolute atomic E-state index is 0.0663. The molecule has 22 heavy (non-hydrogen) atoms. The lowest BCUT2D eigenvalue weighted by Crippen LogP contribution is -2.56. The van der Waals surface area contributed by atoms with Gasteiger partial charge in [-0.25, -0.2) is 0 Å². The zero-order valence-corrected chi connectivity index (χ0v) is 12.9. The molecule has 0 saturated carbocycles.